The van der Waals surface area contributed by atoms with Crippen LogP contribution in [0.5, 0.6) is 0 Å². The van der Waals surface area contributed by atoms with E-state index >= 15 is 0 Å². The van der Waals surface area contributed by atoms with Crippen molar-refractivity contribution >= 4 is 5.96 Å². The fourth-order valence-corrected chi connectivity index (χ4v) is 1.27. The molecule has 0 saturated heterocycles. The molecule has 0 aromatic rings. The van der Waals surface area contributed by atoms with Crippen LogP contribution in [0.4, 0.5) is 0 Å². The van der Waals surface area contributed by atoms with Gasteiger partial charge in [-0.3, -0.25) is 4.99 Å². The van der Waals surface area contributed by atoms with Crippen LogP contribution >= 0.6 is 0 Å². The largest absolute Gasteiger partial charge is 0.380 e. The molecular formula is C13H29N3O. The maximum absolute atomic E-state index is 5.52. The van der Waals surface area contributed by atoms with Crippen LogP contribution < -0.4 is 10.6 Å². The fourth-order valence-electron chi connectivity index (χ4n) is 1.27. The van der Waals surface area contributed by atoms with Gasteiger partial charge in [0.25, 0.3) is 0 Å². The first-order valence-electron chi connectivity index (χ1n) is 6.73. The summed E-state index contributed by atoms with van der Waals surface area (Å²) in [5, 5.41) is 6.49. The second kappa shape index (κ2) is 11.7. The van der Waals surface area contributed by atoms with E-state index in [1.54, 1.807) is 7.05 Å². The van der Waals surface area contributed by atoms with Gasteiger partial charge in [0, 0.05) is 26.7 Å². The van der Waals surface area contributed by atoms with Crippen molar-refractivity contribution in [2.45, 2.75) is 40.0 Å². The zero-order valence-corrected chi connectivity index (χ0v) is 11.9. The Morgan fingerprint density at radius 3 is 2.47 bits per heavy atom. The molecule has 0 fully saturated rings. The van der Waals surface area contributed by atoms with Crippen molar-refractivity contribution in [2.24, 2.45) is 10.9 Å². The highest BCUT2D eigenvalue weighted by Crippen LogP contribution is 1.98. The van der Waals surface area contributed by atoms with Crippen LogP contribution in [-0.4, -0.2) is 39.3 Å². The summed E-state index contributed by atoms with van der Waals surface area (Å²) in [6, 6.07) is 0. The SMILES string of the molecule is CCCCNC(=NC)NCCOCCC(C)C. The number of ether oxygens (including phenoxy) is 1. The first-order chi connectivity index (χ1) is 8.20. The first kappa shape index (κ1) is 16.2. The molecule has 4 nitrogen and oxygen atoms in total. The van der Waals surface area contributed by atoms with Gasteiger partial charge < -0.3 is 15.4 Å². The van der Waals surface area contributed by atoms with Crippen molar-refractivity contribution in [1.29, 1.82) is 0 Å². The summed E-state index contributed by atoms with van der Waals surface area (Å²) in [6.45, 7) is 9.97. The van der Waals surface area contributed by atoms with Gasteiger partial charge in [-0.1, -0.05) is 27.2 Å². The van der Waals surface area contributed by atoms with Crippen LogP contribution in [-0.2, 0) is 4.74 Å². The van der Waals surface area contributed by atoms with Crippen molar-refractivity contribution in [3.63, 3.8) is 0 Å². The molecule has 4 heteroatoms. The average Bonchev–Trinajstić information content (AvgIpc) is 2.31. The summed E-state index contributed by atoms with van der Waals surface area (Å²) in [5.74, 6) is 1.58. The van der Waals surface area contributed by atoms with Gasteiger partial charge in [-0.25, -0.2) is 0 Å². The van der Waals surface area contributed by atoms with E-state index < -0.39 is 0 Å². The molecule has 0 atom stereocenters. The van der Waals surface area contributed by atoms with Crippen LogP contribution in [0.25, 0.3) is 0 Å². The van der Waals surface area contributed by atoms with Crippen LogP contribution in [0.15, 0.2) is 4.99 Å². The second-order valence-corrected chi connectivity index (χ2v) is 4.57. The zero-order valence-electron chi connectivity index (χ0n) is 11.9. The van der Waals surface area contributed by atoms with Gasteiger partial charge in [-0.2, -0.15) is 0 Å². The van der Waals surface area contributed by atoms with Crippen LogP contribution in [0.1, 0.15) is 40.0 Å². The number of hydrogen-bond acceptors (Lipinski definition) is 2. The quantitative estimate of drug-likeness (QED) is 0.370. The minimum absolute atomic E-state index is 0.714. The fraction of sp³-hybridized carbons (Fsp3) is 0.923. The van der Waals surface area contributed by atoms with Crippen LogP contribution in [0, 0.1) is 5.92 Å². The number of nitrogens with one attached hydrogen (secondary N) is 2. The summed E-state index contributed by atoms with van der Waals surface area (Å²) in [7, 11) is 1.79. The number of aliphatic imine (C=N–C) groups is 1. The maximum atomic E-state index is 5.52. The van der Waals surface area contributed by atoms with E-state index in [4.69, 9.17) is 4.74 Å². The van der Waals surface area contributed by atoms with Crippen LogP contribution in [0.3, 0.4) is 0 Å². The summed E-state index contributed by atoms with van der Waals surface area (Å²) >= 11 is 0. The molecule has 0 aliphatic carbocycles. The third kappa shape index (κ3) is 11.5. The van der Waals surface area contributed by atoms with Gasteiger partial charge >= 0.3 is 0 Å². The molecule has 0 spiro atoms. The van der Waals surface area contributed by atoms with Gasteiger partial charge in [-0.05, 0) is 18.8 Å². The first-order valence-corrected chi connectivity index (χ1v) is 6.73. The summed E-state index contributed by atoms with van der Waals surface area (Å²) in [5.41, 5.74) is 0. The Morgan fingerprint density at radius 2 is 1.88 bits per heavy atom. The van der Waals surface area contributed by atoms with E-state index in [2.05, 4.69) is 36.4 Å². The molecule has 0 saturated carbocycles. The highest BCUT2D eigenvalue weighted by Gasteiger charge is 1.96. The predicted octanol–water partition coefficient (Wildman–Crippen LogP) is 2.01. The van der Waals surface area contributed by atoms with E-state index in [-0.39, 0.29) is 0 Å². The molecule has 0 bridgehead atoms. The molecule has 0 aliphatic heterocycles. The zero-order chi connectivity index (χ0) is 12.9. The van der Waals surface area contributed by atoms with Gasteiger partial charge in [0.2, 0.25) is 0 Å². The Hall–Kier alpha value is -0.770. The normalized spacial score (nSPS) is 11.9. The number of rotatable bonds is 9. The summed E-state index contributed by atoms with van der Waals surface area (Å²) in [4.78, 5) is 4.14. The van der Waals surface area contributed by atoms with E-state index in [0.717, 1.165) is 38.7 Å². The molecule has 0 heterocycles. The number of nitrogens with zero attached hydrogens (tertiary/aromatic N) is 1. The Kier molecular flexibility index (Phi) is 11.2. The van der Waals surface area contributed by atoms with Gasteiger partial charge in [0.05, 0.1) is 6.61 Å². The smallest absolute Gasteiger partial charge is 0.191 e. The minimum Gasteiger partial charge on any atom is -0.380 e. The maximum Gasteiger partial charge on any atom is 0.191 e. The Morgan fingerprint density at radius 1 is 1.18 bits per heavy atom. The summed E-state index contributed by atoms with van der Waals surface area (Å²) < 4.78 is 5.52. The molecule has 0 aliphatic rings. The number of unbranched alkanes of at least 4 members (excludes halogenated alkanes) is 1. The molecule has 102 valence electrons. The third-order valence-corrected chi connectivity index (χ3v) is 2.42. The lowest BCUT2D eigenvalue weighted by atomic mass is 10.1. The predicted molar refractivity (Wildman–Crippen MR) is 74.5 cm³/mol. The molecule has 0 radical (unpaired) electrons. The molecule has 0 unspecified atom stereocenters. The van der Waals surface area contributed by atoms with Crippen molar-refractivity contribution in [2.75, 3.05) is 33.4 Å². The number of guanidine groups is 1. The minimum atomic E-state index is 0.714. The van der Waals surface area contributed by atoms with E-state index in [0.29, 0.717) is 5.92 Å². The van der Waals surface area contributed by atoms with Crippen molar-refractivity contribution in [1.82, 2.24) is 10.6 Å². The van der Waals surface area contributed by atoms with Gasteiger partial charge in [-0.15, -0.1) is 0 Å². The van der Waals surface area contributed by atoms with Crippen molar-refractivity contribution in [3.8, 4) is 0 Å². The standard InChI is InChI=1S/C13H29N3O/c1-5-6-8-15-13(14-4)16-9-11-17-10-7-12(2)3/h12H,5-11H2,1-4H3,(H2,14,15,16). The Bertz CT molecular complexity index is 193. The highest BCUT2D eigenvalue weighted by molar-refractivity contribution is 5.79. The van der Waals surface area contributed by atoms with E-state index in [1.165, 1.54) is 12.8 Å². The Balaban J connectivity index is 3.38. The third-order valence-electron chi connectivity index (χ3n) is 2.42. The molecule has 0 aromatic heterocycles. The number of hydrogen-bond donors (Lipinski definition) is 2. The monoisotopic (exact) mass is 243 g/mol. The van der Waals surface area contributed by atoms with E-state index in [1.807, 2.05) is 0 Å². The van der Waals surface area contributed by atoms with Crippen molar-refractivity contribution in [3.05, 3.63) is 0 Å². The Labute approximate surface area is 106 Å². The molecular weight excluding hydrogens is 214 g/mol. The van der Waals surface area contributed by atoms with Crippen LogP contribution in [0.2, 0.25) is 0 Å². The van der Waals surface area contributed by atoms with Gasteiger partial charge in [0.15, 0.2) is 5.96 Å². The molecule has 17 heavy (non-hydrogen) atoms. The molecule has 0 amide bonds. The topological polar surface area (TPSA) is 45.7 Å². The van der Waals surface area contributed by atoms with Gasteiger partial charge in [0.1, 0.15) is 0 Å². The summed E-state index contributed by atoms with van der Waals surface area (Å²) in [6.07, 6.45) is 3.50. The lowest BCUT2D eigenvalue weighted by molar-refractivity contribution is 0.128. The average molecular weight is 243 g/mol. The van der Waals surface area contributed by atoms with Crippen molar-refractivity contribution < 1.29 is 4.74 Å². The lowest BCUT2D eigenvalue weighted by Gasteiger charge is -2.12. The molecule has 0 rings (SSSR count). The lowest BCUT2D eigenvalue weighted by Crippen LogP contribution is -2.39. The molecule has 2 N–H and O–H groups in total. The second-order valence-electron chi connectivity index (χ2n) is 4.57. The highest BCUT2D eigenvalue weighted by atomic mass is 16.5. The van der Waals surface area contributed by atoms with E-state index in [9.17, 15) is 0 Å². The molecule has 0 aromatic carbocycles.